The lowest BCUT2D eigenvalue weighted by molar-refractivity contribution is -0.203. The van der Waals surface area contributed by atoms with Crippen LogP contribution in [-0.2, 0) is 28.7 Å². The number of carbonyl (C=O) groups excluding carboxylic acids is 4. The predicted octanol–water partition coefficient (Wildman–Crippen LogP) is 4.09. The van der Waals surface area contributed by atoms with Crippen molar-refractivity contribution in [3.05, 3.63) is 11.6 Å². The van der Waals surface area contributed by atoms with Crippen molar-refractivity contribution < 1.29 is 33.8 Å². The topological polar surface area (TPSA) is 107 Å². The quantitative estimate of drug-likeness (QED) is 0.538. The van der Waals surface area contributed by atoms with Gasteiger partial charge in [-0.3, -0.25) is 19.2 Å². The number of aliphatic hydroxyl groups is 1. The first-order valence-electron chi connectivity index (χ1n) is 13.3. The first-order chi connectivity index (χ1) is 16.5. The number of Topliss-reactive ketones (excluding diaryl/α,β-unsaturated/α-hetero) is 1. The Kier molecular flexibility index (Phi) is 7.04. The van der Waals surface area contributed by atoms with Gasteiger partial charge in [-0.05, 0) is 74.2 Å². The molecule has 1 N–H and O–H groups in total. The van der Waals surface area contributed by atoms with Crippen molar-refractivity contribution in [2.24, 2.45) is 28.6 Å². The summed E-state index contributed by atoms with van der Waals surface area (Å²) in [6, 6.07) is 0. The molecular formula is C28H40O7. The normalized spacial score (nSPS) is 40.1. The summed E-state index contributed by atoms with van der Waals surface area (Å²) < 4.78 is 11.3. The van der Waals surface area contributed by atoms with Gasteiger partial charge < -0.3 is 14.6 Å². The number of rotatable bonds is 7. The van der Waals surface area contributed by atoms with Gasteiger partial charge in [0.15, 0.2) is 18.0 Å². The number of fused-ring (bicyclic) bond motifs is 5. The summed E-state index contributed by atoms with van der Waals surface area (Å²) in [4.78, 5) is 50.4. The zero-order valence-electron chi connectivity index (χ0n) is 21.6. The Morgan fingerprint density at radius 2 is 1.83 bits per heavy atom. The van der Waals surface area contributed by atoms with Gasteiger partial charge in [-0.25, -0.2) is 0 Å². The van der Waals surface area contributed by atoms with E-state index in [1.54, 1.807) is 13.0 Å². The van der Waals surface area contributed by atoms with Crippen molar-refractivity contribution in [3.63, 3.8) is 0 Å². The molecule has 4 aliphatic carbocycles. The molecule has 35 heavy (non-hydrogen) atoms. The Morgan fingerprint density at radius 3 is 2.51 bits per heavy atom. The van der Waals surface area contributed by atoms with Crippen molar-refractivity contribution in [2.45, 2.75) is 104 Å². The Morgan fingerprint density at radius 1 is 1.09 bits per heavy atom. The number of allylic oxidation sites excluding steroid dienone is 1. The fourth-order valence-electron chi connectivity index (χ4n) is 8.17. The highest BCUT2D eigenvalue weighted by molar-refractivity contribution is 5.93. The molecule has 0 radical (unpaired) electrons. The molecule has 194 valence electrons. The largest absolute Gasteiger partial charge is 0.457 e. The van der Waals surface area contributed by atoms with E-state index in [0.29, 0.717) is 32.1 Å². The molecule has 3 saturated carbocycles. The van der Waals surface area contributed by atoms with E-state index in [4.69, 9.17) is 9.47 Å². The molecule has 4 aliphatic rings. The minimum Gasteiger partial charge on any atom is -0.457 e. The van der Waals surface area contributed by atoms with Crippen molar-refractivity contribution in [3.8, 4) is 0 Å². The molecule has 3 fully saturated rings. The smallest absolute Gasteiger partial charge is 0.306 e. The van der Waals surface area contributed by atoms with Crippen LogP contribution in [0.1, 0.15) is 91.9 Å². The number of ether oxygens (including phenoxy) is 2. The maximum atomic E-state index is 13.7. The molecule has 7 heteroatoms. The molecule has 0 bridgehead atoms. The third-order valence-corrected chi connectivity index (χ3v) is 9.86. The molecule has 0 spiro atoms. The lowest BCUT2D eigenvalue weighted by Gasteiger charge is -2.60. The van der Waals surface area contributed by atoms with E-state index in [1.807, 2.05) is 13.8 Å². The lowest BCUT2D eigenvalue weighted by Crippen LogP contribution is -2.63. The van der Waals surface area contributed by atoms with E-state index in [9.17, 15) is 24.3 Å². The molecule has 7 atom stereocenters. The van der Waals surface area contributed by atoms with Gasteiger partial charge in [0.05, 0.1) is 6.10 Å². The third-order valence-electron chi connectivity index (χ3n) is 9.86. The molecule has 0 saturated heterocycles. The van der Waals surface area contributed by atoms with Crippen LogP contribution in [0.25, 0.3) is 0 Å². The predicted molar refractivity (Wildman–Crippen MR) is 128 cm³/mol. The second-order valence-corrected chi connectivity index (χ2v) is 11.6. The van der Waals surface area contributed by atoms with Gasteiger partial charge in [0.25, 0.3) is 0 Å². The standard InChI is InChI=1S/C28H40O7/c1-5-7-24(33)35-28(22(31)16-34-23(32)6-2)13-11-20-19-9-8-17-14-18(29)10-12-26(17,3)25(19)21(30)15-27(20,28)4/h14,19-21,25,30H,5-13,15-16H2,1-4H3/t19-,20-,21+,25+,26-,27-,28-/m0/s1. The average Bonchev–Trinajstić information content (AvgIpc) is 3.09. The first-order valence-corrected chi connectivity index (χ1v) is 13.3. The fourth-order valence-corrected chi connectivity index (χ4v) is 8.17. The Labute approximate surface area is 208 Å². The van der Waals surface area contributed by atoms with Gasteiger partial charge >= 0.3 is 11.9 Å². The van der Waals surface area contributed by atoms with E-state index in [-0.39, 0.29) is 47.6 Å². The van der Waals surface area contributed by atoms with Gasteiger partial charge in [0.2, 0.25) is 5.78 Å². The van der Waals surface area contributed by atoms with Crippen LogP contribution in [0.4, 0.5) is 0 Å². The SMILES string of the molecule is CCCC(=O)O[C@]1(C(=O)COC(=O)CC)CC[C@H]2[C@@H]3CCC4=CC(=O)CC[C@]4(C)[C@H]3[C@H](O)C[C@@]21C. The highest BCUT2D eigenvalue weighted by Crippen LogP contribution is 2.68. The van der Waals surface area contributed by atoms with Crippen LogP contribution in [0.3, 0.4) is 0 Å². The van der Waals surface area contributed by atoms with Crippen LogP contribution >= 0.6 is 0 Å². The molecule has 4 rings (SSSR count). The van der Waals surface area contributed by atoms with E-state index < -0.39 is 35.7 Å². The summed E-state index contributed by atoms with van der Waals surface area (Å²) >= 11 is 0. The molecule has 0 heterocycles. The maximum absolute atomic E-state index is 13.7. The number of hydrogen-bond acceptors (Lipinski definition) is 7. The maximum Gasteiger partial charge on any atom is 0.306 e. The Balaban J connectivity index is 1.70. The molecular weight excluding hydrogens is 448 g/mol. The van der Waals surface area contributed by atoms with Crippen LogP contribution in [0.5, 0.6) is 0 Å². The summed E-state index contributed by atoms with van der Waals surface area (Å²) in [5, 5.41) is 11.6. The third kappa shape index (κ3) is 4.08. The van der Waals surface area contributed by atoms with Crippen molar-refractivity contribution >= 4 is 23.5 Å². The van der Waals surface area contributed by atoms with Gasteiger partial charge in [-0.1, -0.05) is 33.3 Å². The van der Waals surface area contributed by atoms with Crippen LogP contribution in [0.15, 0.2) is 11.6 Å². The molecule has 0 aromatic rings. The zero-order valence-corrected chi connectivity index (χ0v) is 21.6. The minimum absolute atomic E-state index is 0.00356. The molecule has 7 nitrogen and oxygen atoms in total. The lowest BCUT2D eigenvalue weighted by atomic mass is 9.45. The van der Waals surface area contributed by atoms with Crippen LogP contribution < -0.4 is 0 Å². The molecule has 0 aromatic heterocycles. The van der Waals surface area contributed by atoms with Crippen molar-refractivity contribution in [2.75, 3.05) is 6.61 Å². The van der Waals surface area contributed by atoms with Gasteiger partial charge in [0, 0.05) is 24.7 Å². The van der Waals surface area contributed by atoms with Gasteiger partial charge in [-0.2, -0.15) is 0 Å². The van der Waals surface area contributed by atoms with Gasteiger partial charge in [-0.15, -0.1) is 0 Å². The highest BCUT2D eigenvalue weighted by Gasteiger charge is 2.70. The van der Waals surface area contributed by atoms with Crippen LogP contribution in [0, 0.1) is 28.6 Å². The molecule has 0 unspecified atom stereocenters. The Bertz CT molecular complexity index is 938. The van der Waals surface area contributed by atoms with E-state index in [0.717, 1.165) is 24.8 Å². The number of aliphatic hydroxyl groups excluding tert-OH is 1. The monoisotopic (exact) mass is 488 g/mol. The molecule has 0 aliphatic heterocycles. The number of esters is 2. The fraction of sp³-hybridized carbons (Fsp3) is 0.786. The number of hydrogen-bond donors (Lipinski definition) is 1. The number of ketones is 2. The zero-order chi connectivity index (χ0) is 25.6. The van der Waals surface area contributed by atoms with E-state index in [2.05, 4.69) is 6.92 Å². The summed E-state index contributed by atoms with van der Waals surface area (Å²) in [6.45, 7) is 7.30. The van der Waals surface area contributed by atoms with E-state index in [1.165, 1.54) is 0 Å². The van der Waals surface area contributed by atoms with Crippen molar-refractivity contribution in [1.82, 2.24) is 0 Å². The summed E-state index contributed by atoms with van der Waals surface area (Å²) in [7, 11) is 0. The average molecular weight is 489 g/mol. The van der Waals surface area contributed by atoms with Crippen LogP contribution in [-0.4, -0.2) is 46.9 Å². The Hall–Kier alpha value is -2.02. The second kappa shape index (κ2) is 9.45. The minimum atomic E-state index is -1.41. The molecule has 0 amide bonds. The first kappa shape index (κ1) is 26.1. The summed E-state index contributed by atoms with van der Waals surface area (Å²) in [6.07, 6.45) is 6.41. The second-order valence-electron chi connectivity index (χ2n) is 11.6. The van der Waals surface area contributed by atoms with Gasteiger partial charge in [0.1, 0.15) is 0 Å². The van der Waals surface area contributed by atoms with Crippen LogP contribution in [0.2, 0.25) is 0 Å². The summed E-state index contributed by atoms with van der Waals surface area (Å²) in [5.41, 5.74) is -1.25. The van der Waals surface area contributed by atoms with E-state index >= 15 is 0 Å². The molecule has 0 aromatic carbocycles. The number of carbonyl (C=O) groups is 4. The van der Waals surface area contributed by atoms with Crippen molar-refractivity contribution in [1.29, 1.82) is 0 Å². The summed E-state index contributed by atoms with van der Waals surface area (Å²) in [5.74, 6) is -0.852. The highest BCUT2D eigenvalue weighted by atomic mass is 16.6.